The highest BCUT2D eigenvalue weighted by molar-refractivity contribution is 9.10. The zero-order valence-electron chi connectivity index (χ0n) is 9.58. The molecule has 2 atom stereocenters. The van der Waals surface area contributed by atoms with E-state index < -0.39 is 0 Å². The van der Waals surface area contributed by atoms with Crippen LogP contribution >= 0.6 is 15.9 Å². The van der Waals surface area contributed by atoms with Crippen LogP contribution in [0.3, 0.4) is 0 Å². The quantitative estimate of drug-likeness (QED) is 0.833. The lowest BCUT2D eigenvalue weighted by Gasteiger charge is -2.27. The second kappa shape index (κ2) is 5.09. The SMILES string of the molecule is CC1CCCC(Oc2cc(Br)ccc2N)C1. The summed E-state index contributed by atoms with van der Waals surface area (Å²) >= 11 is 3.44. The standard InChI is InChI=1S/C13H18BrNO/c1-9-3-2-4-11(7-9)16-13-8-10(14)5-6-12(13)15/h5-6,8-9,11H,2-4,7,15H2,1H3. The first-order valence-electron chi connectivity index (χ1n) is 5.87. The molecule has 16 heavy (non-hydrogen) atoms. The summed E-state index contributed by atoms with van der Waals surface area (Å²) in [6.07, 6.45) is 5.22. The Balaban J connectivity index is 2.05. The summed E-state index contributed by atoms with van der Waals surface area (Å²) in [5, 5.41) is 0. The van der Waals surface area contributed by atoms with Crippen molar-refractivity contribution in [2.75, 3.05) is 5.73 Å². The van der Waals surface area contributed by atoms with Gasteiger partial charge in [0.25, 0.3) is 0 Å². The smallest absolute Gasteiger partial charge is 0.143 e. The maximum absolute atomic E-state index is 5.98. The third-order valence-electron chi connectivity index (χ3n) is 3.16. The third-order valence-corrected chi connectivity index (χ3v) is 3.65. The fourth-order valence-corrected chi connectivity index (χ4v) is 2.62. The highest BCUT2D eigenvalue weighted by atomic mass is 79.9. The predicted molar refractivity (Wildman–Crippen MR) is 70.6 cm³/mol. The molecule has 0 saturated heterocycles. The first-order valence-corrected chi connectivity index (χ1v) is 6.66. The molecule has 88 valence electrons. The molecule has 0 bridgehead atoms. The molecular formula is C13H18BrNO. The van der Waals surface area contributed by atoms with Gasteiger partial charge < -0.3 is 10.5 Å². The van der Waals surface area contributed by atoms with Crippen LogP contribution in [-0.2, 0) is 0 Å². The Hall–Kier alpha value is -0.700. The van der Waals surface area contributed by atoms with Gasteiger partial charge in [0.15, 0.2) is 0 Å². The second-order valence-electron chi connectivity index (χ2n) is 4.69. The third kappa shape index (κ3) is 2.91. The molecule has 0 spiro atoms. The van der Waals surface area contributed by atoms with Crippen LogP contribution in [0, 0.1) is 5.92 Å². The monoisotopic (exact) mass is 283 g/mol. The molecule has 1 aromatic rings. The van der Waals surface area contributed by atoms with Gasteiger partial charge in [0.2, 0.25) is 0 Å². The minimum atomic E-state index is 0.334. The minimum absolute atomic E-state index is 0.334. The van der Waals surface area contributed by atoms with E-state index in [0.29, 0.717) is 6.10 Å². The molecule has 2 rings (SSSR count). The molecule has 2 N–H and O–H groups in total. The number of hydrogen-bond acceptors (Lipinski definition) is 2. The van der Waals surface area contributed by atoms with E-state index >= 15 is 0 Å². The van der Waals surface area contributed by atoms with Crippen LogP contribution in [-0.4, -0.2) is 6.10 Å². The lowest BCUT2D eigenvalue weighted by Crippen LogP contribution is -2.24. The topological polar surface area (TPSA) is 35.2 Å². The van der Waals surface area contributed by atoms with E-state index in [1.54, 1.807) is 0 Å². The van der Waals surface area contributed by atoms with E-state index in [2.05, 4.69) is 22.9 Å². The Morgan fingerprint density at radius 3 is 2.94 bits per heavy atom. The van der Waals surface area contributed by atoms with Crippen molar-refractivity contribution in [2.24, 2.45) is 5.92 Å². The van der Waals surface area contributed by atoms with Crippen molar-refractivity contribution < 1.29 is 4.74 Å². The van der Waals surface area contributed by atoms with Gasteiger partial charge in [-0.05, 0) is 43.4 Å². The first kappa shape index (κ1) is 11.8. The number of hydrogen-bond donors (Lipinski definition) is 1. The lowest BCUT2D eigenvalue weighted by atomic mass is 9.89. The van der Waals surface area contributed by atoms with E-state index in [1.807, 2.05) is 18.2 Å². The van der Waals surface area contributed by atoms with Crippen LogP contribution in [0.15, 0.2) is 22.7 Å². The van der Waals surface area contributed by atoms with Crippen molar-refractivity contribution in [3.8, 4) is 5.75 Å². The Kier molecular flexibility index (Phi) is 3.74. The van der Waals surface area contributed by atoms with Crippen LogP contribution in [0.25, 0.3) is 0 Å². The van der Waals surface area contributed by atoms with Crippen LogP contribution in [0.1, 0.15) is 32.6 Å². The normalized spacial score (nSPS) is 25.4. The van der Waals surface area contributed by atoms with Crippen LogP contribution in [0.5, 0.6) is 5.75 Å². The number of rotatable bonds is 2. The lowest BCUT2D eigenvalue weighted by molar-refractivity contribution is 0.130. The van der Waals surface area contributed by atoms with Gasteiger partial charge in [-0.15, -0.1) is 0 Å². The molecule has 0 radical (unpaired) electrons. The molecule has 1 saturated carbocycles. The maximum atomic E-state index is 5.98. The van der Waals surface area contributed by atoms with Gasteiger partial charge >= 0.3 is 0 Å². The molecule has 3 heteroatoms. The molecule has 1 aliphatic carbocycles. The molecular weight excluding hydrogens is 266 g/mol. The Morgan fingerprint density at radius 2 is 2.19 bits per heavy atom. The number of nitrogens with two attached hydrogens (primary N) is 1. The molecule has 1 fully saturated rings. The highest BCUT2D eigenvalue weighted by Gasteiger charge is 2.20. The van der Waals surface area contributed by atoms with Crippen molar-refractivity contribution in [1.29, 1.82) is 0 Å². The average molecular weight is 284 g/mol. The van der Waals surface area contributed by atoms with Gasteiger partial charge in [0.05, 0.1) is 11.8 Å². The Labute approximate surface area is 105 Å². The van der Waals surface area contributed by atoms with E-state index in [9.17, 15) is 0 Å². The van der Waals surface area contributed by atoms with Crippen molar-refractivity contribution in [2.45, 2.75) is 38.7 Å². The molecule has 1 aliphatic rings. The average Bonchev–Trinajstić information content (AvgIpc) is 2.24. The van der Waals surface area contributed by atoms with Crippen molar-refractivity contribution in [1.82, 2.24) is 0 Å². The number of nitrogen functional groups attached to an aromatic ring is 1. The molecule has 0 aromatic heterocycles. The summed E-state index contributed by atoms with van der Waals surface area (Å²) < 4.78 is 7.00. The number of anilines is 1. The largest absolute Gasteiger partial charge is 0.488 e. The summed E-state index contributed by atoms with van der Waals surface area (Å²) in [5.41, 5.74) is 6.62. The number of halogens is 1. The zero-order valence-corrected chi connectivity index (χ0v) is 11.2. The Morgan fingerprint density at radius 1 is 1.38 bits per heavy atom. The van der Waals surface area contributed by atoms with E-state index in [4.69, 9.17) is 10.5 Å². The summed E-state index contributed by atoms with van der Waals surface area (Å²) in [4.78, 5) is 0. The van der Waals surface area contributed by atoms with Crippen molar-refractivity contribution >= 4 is 21.6 Å². The molecule has 1 aromatic carbocycles. The highest BCUT2D eigenvalue weighted by Crippen LogP contribution is 2.31. The van der Waals surface area contributed by atoms with Crippen molar-refractivity contribution in [3.05, 3.63) is 22.7 Å². The minimum Gasteiger partial charge on any atom is -0.488 e. The van der Waals surface area contributed by atoms with E-state index in [-0.39, 0.29) is 0 Å². The van der Waals surface area contributed by atoms with Crippen LogP contribution < -0.4 is 10.5 Å². The fraction of sp³-hybridized carbons (Fsp3) is 0.538. The van der Waals surface area contributed by atoms with Crippen molar-refractivity contribution in [3.63, 3.8) is 0 Å². The van der Waals surface area contributed by atoms with Gasteiger partial charge in [-0.1, -0.05) is 29.3 Å². The second-order valence-corrected chi connectivity index (χ2v) is 5.61. The molecule has 0 amide bonds. The number of ether oxygens (including phenoxy) is 1. The Bertz CT molecular complexity index is 367. The summed E-state index contributed by atoms with van der Waals surface area (Å²) in [5.74, 6) is 1.58. The fourth-order valence-electron chi connectivity index (χ4n) is 2.28. The van der Waals surface area contributed by atoms with Gasteiger partial charge in [-0.3, -0.25) is 0 Å². The van der Waals surface area contributed by atoms with E-state index in [1.165, 1.54) is 12.8 Å². The van der Waals surface area contributed by atoms with Crippen LogP contribution in [0.2, 0.25) is 0 Å². The van der Waals surface area contributed by atoms with E-state index in [0.717, 1.165) is 34.7 Å². The molecule has 2 nitrogen and oxygen atoms in total. The molecule has 0 aliphatic heterocycles. The predicted octanol–water partition coefficient (Wildman–Crippen LogP) is 3.99. The summed E-state index contributed by atoms with van der Waals surface area (Å²) in [7, 11) is 0. The summed E-state index contributed by atoms with van der Waals surface area (Å²) in [6, 6.07) is 5.77. The maximum Gasteiger partial charge on any atom is 0.143 e. The molecule has 2 unspecified atom stereocenters. The van der Waals surface area contributed by atoms with Gasteiger partial charge in [-0.2, -0.15) is 0 Å². The number of benzene rings is 1. The van der Waals surface area contributed by atoms with Gasteiger partial charge in [0, 0.05) is 4.47 Å². The first-order chi connectivity index (χ1) is 7.65. The molecule has 0 heterocycles. The zero-order chi connectivity index (χ0) is 11.5. The van der Waals surface area contributed by atoms with Gasteiger partial charge in [0.1, 0.15) is 5.75 Å². The van der Waals surface area contributed by atoms with Gasteiger partial charge in [-0.25, -0.2) is 0 Å². The van der Waals surface area contributed by atoms with Crippen LogP contribution in [0.4, 0.5) is 5.69 Å². The summed E-state index contributed by atoms with van der Waals surface area (Å²) in [6.45, 7) is 2.29.